The zero-order chi connectivity index (χ0) is 48.7. The van der Waals surface area contributed by atoms with Crippen LogP contribution in [0.4, 0.5) is 26.3 Å². The molecule has 0 spiro atoms. The van der Waals surface area contributed by atoms with Crippen molar-refractivity contribution in [3.8, 4) is 0 Å². The highest BCUT2D eigenvalue weighted by Gasteiger charge is 2.66. The van der Waals surface area contributed by atoms with Crippen LogP contribution in [0.15, 0.2) is 108 Å². The number of hydrogen-bond acceptors (Lipinski definition) is 13. The van der Waals surface area contributed by atoms with Gasteiger partial charge in [0.15, 0.2) is 24.4 Å². The Morgan fingerprint density at radius 1 is 0.723 bits per heavy atom. The molecule has 65 heavy (non-hydrogen) atoms. The minimum Gasteiger partial charge on any atom is -0.462 e. The van der Waals surface area contributed by atoms with Crippen molar-refractivity contribution in [3.05, 3.63) is 119 Å². The fourth-order valence-electron chi connectivity index (χ4n) is 7.90. The zero-order valence-corrected chi connectivity index (χ0v) is 36.7. The number of hydrogen-bond donors (Lipinski definition) is 0. The second-order valence-electron chi connectivity index (χ2n) is 15.5. The van der Waals surface area contributed by atoms with Gasteiger partial charge in [-0.05, 0) is 51.3 Å². The predicted molar refractivity (Wildman–Crippen MR) is 216 cm³/mol. The van der Waals surface area contributed by atoms with Crippen molar-refractivity contribution in [1.29, 1.82) is 0 Å². The number of alkyl halides is 6. The van der Waals surface area contributed by atoms with E-state index in [0.717, 1.165) is 57.4 Å². The number of ether oxygens (including phenoxy) is 8. The third kappa shape index (κ3) is 11.1. The third-order valence-corrected chi connectivity index (χ3v) is 10.7. The van der Waals surface area contributed by atoms with Gasteiger partial charge in [0.25, 0.3) is 17.5 Å². The quantitative estimate of drug-likeness (QED) is 0.0774. The Morgan fingerprint density at radius 3 is 1.65 bits per heavy atom. The molecule has 2 aromatic rings. The first-order chi connectivity index (χ1) is 30.4. The summed E-state index contributed by atoms with van der Waals surface area (Å²) in [6.07, 6.45) is -16.8. The van der Waals surface area contributed by atoms with Gasteiger partial charge in [-0.15, -0.1) is 0 Å². The lowest BCUT2D eigenvalue weighted by atomic mass is 9.73. The molecule has 0 amide bonds. The Bertz CT molecular complexity index is 2160. The van der Waals surface area contributed by atoms with Gasteiger partial charge in [-0.1, -0.05) is 78.4 Å². The SMILES string of the molecule is C=C1[C@@H]2[C@H](OC(C)=O)OC=C([C@H](OC(C)=O)[C@@H](C=C(C)C)OC(C)=O)[C@H]2CC/C(C)=C/[C@@H](OC(=O)[C@](OC)(c2ccccc2)C(F)(F)F)[C@H]1OC(=O)[C@](OC)(c1ccccc1)C(F)(F)F. The molecule has 9 atom stereocenters. The molecule has 1 heterocycles. The number of rotatable bonds is 14. The van der Waals surface area contributed by atoms with Crippen LogP contribution in [-0.2, 0) is 73.1 Å². The number of fused-ring (bicyclic) bond motifs is 1. The molecule has 4 rings (SSSR count). The van der Waals surface area contributed by atoms with Crippen LogP contribution < -0.4 is 0 Å². The van der Waals surface area contributed by atoms with Crippen LogP contribution in [-0.4, -0.2) is 87.1 Å². The second-order valence-corrected chi connectivity index (χ2v) is 15.5. The fraction of sp³-hybridized carbons (Fsp3) is 0.457. The average Bonchev–Trinajstić information content (AvgIpc) is 3.24. The number of benzene rings is 2. The molecule has 0 unspecified atom stereocenters. The van der Waals surface area contributed by atoms with E-state index in [1.807, 2.05) is 0 Å². The van der Waals surface area contributed by atoms with Crippen molar-refractivity contribution < 1.29 is 88.2 Å². The lowest BCUT2D eigenvalue weighted by Gasteiger charge is -2.43. The summed E-state index contributed by atoms with van der Waals surface area (Å²) < 4.78 is 136. The molecule has 1 aliphatic heterocycles. The summed E-state index contributed by atoms with van der Waals surface area (Å²) in [6, 6.07) is 11.2. The van der Waals surface area contributed by atoms with E-state index in [9.17, 15) is 24.0 Å². The first kappa shape index (κ1) is 51.7. The molecular formula is C46H50F6O13. The van der Waals surface area contributed by atoms with Crippen molar-refractivity contribution >= 4 is 29.8 Å². The molecule has 0 radical (unpaired) electrons. The van der Waals surface area contributed by atoms with Crippen molar-refractivity contribution in [1.82, 2.24) is 0 Å². The molecule has 0 saturated heterocycles. The van der Waals surface area contributed by atoms with E-state index in [4.69, 9.17) is 37.9 Å². The summed E-state index contributed by atoms with van der Waals surface area (Å²) >= 11 is 0. The first-order valence-corrected chi connectivity index (χ1v) is 20.0. The van der Waals surface area contributed by atoms with E-state index in [2.05, 4.69) is 6.58 Å². The van der Waals surface area contributed by atoms with Gasteiger partial charge in [0.2, 0.25) is 0 Å². The van der Waals surface area contributed by atoms with Crippen molar-refractivity contribution in [2.45, 2.75) is 109 Å². The van der Waals surface area contributed by atoms with Crippen LogP contribution in [0.2, 0.25) is 0 Å². The van der Waals surface area contributed by atoms with Gasteiger partial charge in [0.1, 0.15) is 0 Å². The van der Waals surface area contributed by atoms with Gasteiger partial charge in [-0.2, -0.15) is 26.3 Å². The third-order valence-electron chi connectivity index (χ3n) is 10.7. The predicted octanol–water partition coefficient (Wildman–Crippen LogP) is 8.18. The smallest absolute Gasteiger partial charge is 0.432 e. The molecule has 2 aromatic carbocycles. The minimum absolute atomic E-state index is 0.0527. The molecule has 2 aliphatic rings. The standard InChI is InChI=1S/C46H50F6O13/c1-25(2)22-35(61-28(5)53)39(62-29(6)54)34-24-60-40(63-30(7)55)37-27(4)38(65-42(57)44(59-9,46(50,51)52)32-18-14-11-15-19-32)36(23-26(3)20-21-33(34)37)64-41(56)43(58-8,45(47,48)49)31-16-12-10-13-17-31/h10-19,22-24,33,35-40H,4,20-21H2,1-3,5-9H3/b26-23+/t33-,35-,36-,37+,38+,39+,40+,43-,44-/m1/s1. The maximum atomic E-state index is 15.4. The number of carbonyl (C=O) groups excluding carboxylic acids is 5. The Labute approximate surface area is 371 Å². The second kappa shape index (κ2) is 20.9. The van der Waals surface area contributed by atoms with Crippen LogP contribution in [0.1, 0.15) is 65.5 Å². The van der Waals surface area contributed by atoms with Gasteiger partial charge in [-0.25, -0.2) is 9.59 Å². The molecule has 0 N–H and O–H groups in total. The fourth-order valence-corrected chi connectivity index (χ4v) is 7.90. The van der Waals surface area contributed by atoms with Crippen LogP contribution in [0, 0.1) is 11.8 Å². The minimum atomic E-state index is -5.58. The number of carbonyl (C=O) groups is 5. The molecule has 0 fully saturated rings. The summed E-state index contributed by atoms with van der Waals surface area (Å²) in [5, 5.41) is 0. The van der Waals surface area contributed by atoms with Crippen LogP contribution in [0.5, 0.6) is 0 Å². The topological polar surface area (TPSA) is 159 Å². The van der Waals surface area contributed by atoms with Gasteiger partial charge in [0.05, 0.1) is 12.2 Å². The van der Waals surface area contributed by atoms with Gasteiger partial charge in [0, 0.05) is 57.6 Å². The summed E-state index contributed by atoms with van der Waals surface area (Å²) in [6.45, 7) is 12.0. The maximum absolute atomic E-state index is 15.4. The number of esters is 5. The first-order valence-electron chi connectivity index (χ1n) is 20.0. The van der Waals surface area contributed by atoms with Crippen LogP contribution in [0.25, 0.3) is 0 Å². The average molecular weight is 925 g/mol. The Morgan fingerprint density at radius 2 is 1.22 bits per heavy atom. The molecule has 354 valence electrons. The number of allylic oxidation sites excluding steroid dienone is 2. The van der Waals surface area contributed by atoms with Gasteiger partial charge >= 0.3 is 42.2 Å². The molecule has 13 nitrogen and oxygen atoms in total. The van der Waals surface area contributed by atoms with E-state index in [1.165, 1.54) is 49.4 Å². The Hall–Kier alpha value is -5.95. The molecule has 19 heteroatoms. The zero-order valence-electron chi connectivity index (χ0n) is 36.7. The molecular weight excluding hydrogens is 874 g/mol. The number of methoxy groups -OCH3 is 2. The summed E-state index contributed by atoms with van der Waals surface area (Å²) in [7, 11) is 1.18. The van der Waals surface area contributed by atoms with E-state index in [0.29, 0.717) is 19.8 Å². The Kier molecular flexibility index (Phi) is 16.6. The van der Waals surface area contributed by atoms with Gasteiger partial charge < -0.3 is 37.9 Å². The molecule has 0 aromatic heterocycles. The largest absolute Gasteiger partial charge is 0.462 e. The van der Waals surface area contributed by atoms with Gasteiger partial charge in [-0.3, -0.25) is 14.4 Å². The maximum Gasteiger partial charge on any atom is 0.432 e. The van der Waals surface area contributed by atoms with E-state index < -0.39 is 113 Å². The van der Waals surface area contributed by atoms with Crippen molar-refractivity contribution in [2.75, 3.05) is 14.2 Å². The van der Waals surface area contributed by atoms with Crippen LogP contribution >= 0.6 is 0 Å². The molecule has 0 saturated carbocycles. The van der Waals surface area contributed by atoms with E-state index in [-0.39, 0.29) is 24.0 Å². The number of halogens is 6. The highest BCUT2D eigenvalue weighted by Crippen LogP contribution is 2.49. The van der Waals surface area contributed by atoms with E-state index >= 15 is 26.3 Å². The van der Waals surface area contributed by atoms with Crippen molar-refractivity contribution in [3.63, 3.8) is 0 Å². The molecule has 1 aliphatic carbocycles. The molecule has 0 bridgehead atoms. The lowest BCUT2D eigenvalue weighted by molar-refractivity contribution is -0.283. The summed E-state index contributed by atoms with van der Waals surface area (Å²) in [5.74, 6) is -9.58. The van der Waals surface area contributed by atoms with Crippen LogP contribution in [0.3, 0.4) is 0 Å². The van der Waals surface area contributed by atoms with Crippen molar-refractivity contribution in [2.24, 2.45) is 11.8 Å². The summed E-state index contributed by atoms with van der Waals surface area (Å²) in [5.41, 5.74) is -8.89. The van der Waals surface area contributed by atoms with E-state index in [1.54, 1.807) is 13.8 Å². The monoisotopic (exact) mass is 924 g/mol. The highest BCUT2D eigenvalue weighted by molar-refractivity contribution is 5.84. The summed E-state index contributed by atoms with van der Waals surface area (Å²) in [4.78, 5) is 66.5. The normalized spacial score (nSPS) is 23.7. The lowest BCUT2D eigenvalue weighted by Crippen LogP contribution is -2.56. The Balaban J connectivity index is 2.06. The highest BCUT2D eigenvalue weighted by atomic mass is 19.4.